The number of anilines is 1. The minimum atomic E-state index is -0.849. The van der Waals surface area contributed by atoms with Crippen molar-refractivity contribution in [2.45, 2.75) is 26.2 Å². The molecule has 1 saturated carbocycles. The smallest absolute Gasteiger partial charge is 0.247 e. The molecule has 0 spiro atoms. The van der Waals surface area contributed by atoms with Gasteiger partial charge in [0, 0.05) is 24.5 Å². The van der Waals surface area contributed by atoms with Gasteiger partial charge in [0.25, 0.3) is 0 Å². The van der Waals surface area contributed by atoms with Gasteiger partial charge in [0.1, 0.15) is 5.41 Å². The number of hydrogen-bond acceptors (Lipinski definition) is 5. The summed E-state index contributed by atoms with van der Waals surface area (Å²) in [5.41, 5.74) is 3.28. The minimum absolute atomic E-state index is 0.0709. The van der Waals surface area contributed by atoms with Crippen LogP contribution >= 0.6 is 0 Å². The molecular formula is C20H18N6O. The summed E-state index contributed by atoms with van der Waals surface area (Å²) in [6.45, 7) is 2.46. The predicted octanol–water partition coefficient (Wildman–Crippen LogP) is 2.76. The largest absolute Gasteiger partial charge is 0.309 e. The second-order valence-corrected chi connectivity index (χ2v) is 7.40. The number of nitriles is 1. The second-order valence-electron chi connectivity index (χ2n) is 7.40. The van der Waals surface area contributed by atoms with Gasteiger partial charge in [-0.15, -0.1) is 0 Å². The Labute approximate surface area is 156 Å². The van der Waals surface area contributed by atoms with Crippen LogP contribution in [-0.2, 0) is 4.79 Å². The van der Waals surface area contributed by atoms with Crippen LogP contribution in [0.25, 0.3) is 16.8 Å². The normalized spacial score (nSPS) is 22.4. The first kappa shape index (κ1) is 15.9. The summed E-state index contributed by atoms with van der Waals surface area (Å²) < 4.78 is 1.75. The Kier molecular flexibility index (Phi) is 3.31. The van der Waals surface area contributed by atoms with Crippen LogP contribution in [0.5, 0.6) is 0 Å². The molecule has 0 aromatic carbocycles. The molecule has 0 unspecified atom stereocenters. The number of carbonyl (C=O) groups is 1. The molecule has 134 valence electrons. The Bertz CT molecular complexity index is 1090. The number of amides is 1. The standard InChI is InChI=1S/C20H18N6O/c1-13-2-5-16(24-23-13)14-10-18-17(6-8-22-26(18)11-14)25-9-7-20(12-21,19(25)27)15-3-4-15/h2,5-6,8,10-11,15H,3-4,7,9H2,1H3/t20-/m1/s1. The second kappa shape index (κ2) is 5.61. The van der Waals surface area contributed by atoms with E-state index in [-0.39, 0.29) is 11.8 Å². The lowest BCUT2D eigenvalue weighted by Gasteiger charge is -2.21. The van der Waals surface area contributed by atoms with Gasteiger partial charge in [-0.25, -0.2) is 4.52 Å². The number of fused-ring (bicyclic) bond motifs is 1. The van der Waals surface area contributed by atoms with E-state index in [0.717, 1.165) is 41.0 Å². The fourth-order valence-corrected chi connectivity index (χ4v) is 4.04. The SMILES string of the molecule is Cc1ccc(-c2cc3c(N4CC[C@@](C#N)(C5CC5)C4=O)ccnn3c2)nn1. The molecule has 7 nitrogen and oxygen atoms in total. The molecule has 0 N–H and O–H groups in total. The maximum absolute atomic E-state index is 13.1. The van der Waals surface area contributed by atoms with Gasteiger partial charge >= 0.3 is 0 Å². The van der Waals surface area contributed by atoms with Gasteiger partial charge in [0.05, 0.1) is 28.7 Å². The summed E-state index contributed by atoms with van der Waals surface area (Å²) in [6, 6.07) is 10.00. The number of nitrogens with zero attached hydrogens (tertiary/aromatic N) is 6. The maximum Gasteiger partial charge on any atom is 0.247 e. The number of hydrogen-bond donors (Lipinski definition) is 0. The highest BCUT2D eigenvalue weighted by atomic mass is 16.2. The fraction of sp³-hybridized carbons (Fsp3) is 0.350. The Morgan fingerprint density at radius 1 is 1.26 bits per heavy atom. The predicted molar refractivity (Wildman–Crippen MR) is 98.7 cm³/mol. The van der Waals surface area contributed by atoms with Crippen molar-refractivity contribution in [3.05, 3.63) is 42.4 Å². The molecule has 1 saturated heterocycles. The minimum Gasteiger partial charge on any atom is -0.309 e. The summed E-state index contributed by atoms with van der Waals surface area (Å²) in [6.07, 6.45) is 6.11. The van der Waals surface area contributed by atoms with Crippen molar-refractivity contribution < 1.29 is 4.79 Å². The molecule has 27 heavy (non-hydrogen) atoms. The number of aromatic nitrogens is 4. The highest BCUT2D eigenvalue weighted by Crippen LogP contribution is 2.52. The van der Waals surface area contributed by atoms with Gasteiger partial charge in [0.2, 0.25) is 5.91 Å². The molecule has 3 aromatic heterocycles. The van der Waals surface area contributed by atoms with E-state index in [0.29, 0.717) is 13.0 Å². The average molecular weight is 358 g/mol. The zero-order chi connectivity index (χ0) is 18.6. The van der Waals surface area contributed by atoms with Gasteiger partial charge in [0.15, 0.2) is 0 Å². The van der Waals surface area contributed by atoms with E-state index in [4.69, 9.17) is 0 Å². The van der Waals surface area contributed by atoms with E-state index in [2.05, 4.69) is 21.4 Å². The maximum atomic E-state index is 13.1. The molecule has 2 fully saturated rings. The first-order valence-corrected chi connectivity index (χ1v) is 9.14. The average Bonchev–Trinajstić information content (AvgIpc) is 3.35. The molecule has 7 heteroatoms. The molecule has 1 aliphatic heterocycles. The lowest BCUT2D eigenvalue weighted by atomic mass is 9.83. The summed E-state index contributed by atoms with van der Waals surface area (Å²) in [5.74, 6) is 0.140. The van der Waals surface area contributed by atoms with Gasteiger partial charge in [-0.2, -0.15) is 20.6 Å². The molecule has 5 rings (SSSR count). The highest BCUT2D eigenvalue weighted by molar-refractivity contribution is 6.05. The summed E-state index contributed by atoms with van der Waals surface area (Å²) >= 11 is 0. The molecule has 1 aliphatic carbocycles. The van der Waals surface area contributed by atoms with E-state index in [1.54, 1.807) is 15.6 Å². The van der Waals surface area contributed by atoms with Crippen molar-refractivity contribution in [1.82, 2.24) is 19.8 Å². The monoisotopic (exact) mass is 358 g/mol. The van der Waals surface area contributed by atoms with Gasteiger partial charge in [-0.1, -0.05) is 0 Å². The Hall–Kier alpha value is -3.27. The molecule has 2 aliphatic rings. The quantitative estimate of drug-likeness (QED) is 0.718. The Balaban J connectivity index is 1.57. The Morgan fingerprint density at radius 2 is 2.11 bits per heavy atom. The molecule has 1 atom stereocenters. The first-order chi connectivity index (χ1) is 13.1. The zero-order valence-corrected chi connectivity index (χ0v) is 15.0. The van der Waals surface area contributed by atoms with Crippen LogP contribution in [0.4, 0.5) is 5.69 Å². The van der Waals surface area contributed by atoms with Crippen molar-refractivity contribution >= 4 is 17.1 Å². The van der Waals surface area contributed by atoms with E-state index in [1.807, 2.05) is 37.4 Å². The van der Waals surface area contributed by atoms with E-state index < -0.39 is 5.41 Å². The van der Waals surface area contributed by atoms with Crippen LogP contribution in [-0.4, -0.2) is 32.3 Å². The van der Waals surface area contributed by atoms with Crippen LogP contribution in [0.15, 0.2) is 36.7 Å². The van der Waals surface area contributed by atoms with Gasteiger partial charge in [-0.05, 0) is 56.4 Å². The highest BCUT2D eigenvalue weighted by Gasteiger charge is 2.56. The van der Waals surface area contributed by atoms with E-state index >= 15 is 0 Å². The Morgan fingerprint density at radius 3 is 2.81 bits per heavy atom. The molecule has 1 amide bonds. The van der Waals surface area contributed by atoms with Crippen molar-refractivity contribution in [2.24, 2.45) is 11.3 Å². The summed E-state index contributed by atoms with van der Waals surface area (Å²) in [7, 11) is 0. The number of rotatable bonds is 3. The number of carbonyl (C=O) groups excluding carboxylic acids is 1. The summed E-state index contributed by atoms with van der Waals surface area (Å²) in [4.78, 5) is 14.9. The summed E-state index contributed by atoms with van der Waals surface area (Å²) in [5, 5.41) is 22.4. The third-order valence-corrected chi connectivity index (χ3v) is 5.70. The fourth-order valence-electron chi connectivity index (χ4n) is 4.04. The van der Waals surface area contributed by atoms with E-state index in [9.17, 15) is 10.1 Å². The third kappa shape index (κ3) is 2.33. The third-order valence-electron chi connectivity index (χ3n) is 5.70. The van der Waals surface area contributed by atoms with Crippen molar-refractivity contribution in [3.8, 4) is 17.3 Å². The van der Waals surface area contributed by atoms with Crippen molar-refractivity contribution in [3.63, 3.8) is 0 Å². The zero-order valence-electron chi connectivity index (χ0n) is 15.0. The lowest BCUT2D eigenvalue weighted by molar-refractivity contribution is -0.123. The van der Waals surface area contributed by atoms with Gasteiger partial charge < -0.3 is 4.90 Å². The topological polar surface area (TPSA) is 87.2 Å². The van der Waals surface area contributed by atoms with Crippen molar-refractivity contribution in [1.29, 1.82) is 5.26 Å². The first-order valence-electron chi connectivity index (χ1n) is 9.14. The lowest BCUT2D eigenvalue weighted by Crippen LogP contribution is -2.35. The molecule has 3 aromatic rings. The van der Waals surface area contributed by atoms with Crippen LogP contribution < -0.4 is 4.90 Å². The number of aryl methyl sites for hydroxylation is 1. The van der Waals surface area contributed by atoms with Crippen molar-refractivity contribution in [2.75, 3.05) is 11.4 Å². The van der Waals surface area contributed by atoms with Crippen LogP contribution in [0.3, 0.4) is 0 Å². The van der Waals surface area contributed by atoms with Gasteiger partial charge in [-0.3, -0.25) is 4.79 Å². The van der Waals surface area contributed by atoms with Crippen LogP contribution in [0, 0.1) is 29.6 Å². The molecule has 0 radical (unpaired) electrons. The molecular weight excluding hydrogens is 340 g/mol. The van der Waals surface area contributed by atoms with Crippen LogP contribution in [0.2, 0.25) is 0 Å². The molecule has 4 heterocycles. The van der Waals surface area contributed by atoms with Crippen LogP contribution in [0.1, 0.15) is 25.0 Å². The molecule has 0 bridgehead atoms. The van der Waals surface area contributed by atoms with E-state index in [1.165, 1.54) is 0 Å².